The van der Waals surface area contributed by atoms with E-state index in [-0.39, 0.29) is 0 Å². The third-order valence-corrected chi connectivity index (χ3v) is 6.87. The molecule has 0 amide bonds. The fraction of sp³-hybridized carbons (Fsp3) is 0.174. The van der Waals surface area contributed by atoms with Crippen LogP contribution in [0.1, 0.15) is 16.8 Å². The van der Waals surface area contributed by atoms with Gasteiger partial charge < -0.3 is 4.90 Å². The molecule has 0 aliphatic heterocycles. The average Bonchev–Trinajstić information content (AvgIpc) is 3.30. The smallest absolute Gasteiger partial charge is 0.262 e. The number of thiophene rings is 1. The summed E-state index contributed by atoms with van der Waals surface area (Å²) in [5, 5.41) is 1.30. The number of para-hydroxylation sites is 1. The second kappa shape index (κ2) is 7.67. The average molecular weight is 392 g/mol. The Morgan fingerprint density at radius 1 is 0.889 bits per heavy atom. The van der Waals surface area contributed by atoms with Crippen molar-refractivity contribution in [1.29, 1.82) is 0 Å². The Morgan fingerprint density at radius 3 is 2.41 bits per heavy atom. The zero-order valence-electron chi connectivity index (χ0n) is 15.8. The molecule has 0 saturated heterocycles. The van der Waals surface area contributed by atoms with Gasteiger partial charge >= 0.3 is 0 Å². The lowest BCUT2D eigenvalue weighted by atomic mass is 10.1. The maximum Gasteiger partial charge on any atom is 0.262 e. The maximum atomic E-state index is 2.38. The number of hydrogen-bond acceptors (Lipinski definition) is 3. The van der Waals surface area contributed by atoms with Gasteiger partial charge in [-0.3, -0.25) is 0 Å². The highest BCUT2D eigenvalue weighted by Crippen LogP contribution is 2.31. The van der Waals surface area contributed by atoms with Crippen LogP contribution in [0.5, 0.6) is 0 Å². The Kier molecular flexibility index (Phi) is 5.10. The second-order valence-corrected chi connectivity index (χ2v) is 8.81. The first-order chi connectivity index (χ1) is 13.2. The monoisotopic (exact) mass is 391 g/mol. The number of thiazole rings is 1. The van der Waals surface area contributed by atoms with Crippen LogP contribution in [0.4, 0.5) is 5.69 Å². The van der Waals surface area contributed by atoms with Crippen molar-refractivity contribution in [2.24, 2.45) is 0 Å². The summed E-state index contributed by atoms with van der Waals surface area (Å²) in [7, 11) is 4.14. The highest BCUT2D eigenvalue weighted by molar-refractivity contribution is 7.19. The molecule has 0 atom stereocenters. The van der Waals surface area contributed by atoms with Crippen LogP contribution >= 0.6 is 22.7 Å². The third-order valence-electron chi connectivity index (χ3n) is 4.64. The van der Waals surface area contributed by atoms with Crippen molar-refractivity contribution in [3.8, 4) is 10.4 Å². The molecule has 4 rings (SSSR count). The van der Waals surface area contributed by atoms with E-state index in [2.05, 4.69) is 103 Å². The molecule has 0 spiro atoms. The molecule has 136 valence electrons. The predicted molar refractivity (Wildman–Crippen MR) is 121 cm³/mol. The van der Waals surface area contributed by atoms with Crippen LogP contribution in [0.3, 0.4) is 0 Å². The van der Waals surface area contributed by atoms with Crippen molar-refractivity contribution in [3.05, 3.63) is 70.5 Å². The Bertz CT molecular complexity index is 1090. The molecule has 0 N–H and O–H groups in total. The van der Waals surface area contributed by atoms with E-state index in [1.165, 1.54) is 36.2 Å². The SMILES string of the molecule is CC[n+]1c(/C=C/c2ccc(-c3ccc(N(C)C)cc3)s2)sc2ccccc21. The first-order valence-electron chi connectivity index (χ1n) is 9.13. The molecule has 0 saturated carbocycles. The van der Waals surface area contributed by atoms with Crippen LogP contribution in [0.25, 0.3) is 32.8 Å². The molecule has 0 bridgehead atoms. The molecule has 0 aliphatic rings. The van der Waals surface area contributed by atoms with E-state index in [0.29, 0.717) is 0 Å². The fourth-order valence-corrected chi connectivity index (χ4v) is 5.22. The summed E-state index contributed by atoms with van der Waals surface area (Å²) >= 11 is 3.69. The van der Waals surface area contributed by atoms with Gasteiger partial charge in [-0.1, -0.05) is 35.6 Å². The molecule has 2 heterocycles. The number of anilines is 1. The minimum Gasteiger partial charge on any atom is -0.378 e. The van der Waals surface area contributed by atoms with Crippen molar-refractivity contribution in [2.45, 2.75) is 13.5 Å². The molecule has 4 heteroatoms. The number of rotatable bonds is 5. The zero-order chi connectivity index (χ0) is 18.8. The molecule has 0 radical (unpaired) electrons. The molecule has 2 aromatic heterocycles. The lowest BCUT2D eigenvalue weighted by molar-refractivity contribution is -0.665. The third kappa shape index (κ3) is 3.68. The van der Waals surface area contributed by atoms with Crippen LogP contribution in [-0.4, -0.2) is 14.1 Å². The van der Waals surface area contributed by atoms with Crippen molar-refractivity contribution in [3.63, 3.8) is 0 Å². The van der Waals surface area contributed by atoms with Gasteiger partial charge in [0.15, 0.2) is 0 Å². The summed E-state index contributed by atoms with van der Waals surface area (Å²) in [5.41, 5.74) is 3.82. The maximum absolute atomic E-state index is 2.38. The Balaban J connectivity index is 1.59. The molecule has 2 aromatic carbocycles. The second-order valence-electron chi connectivity index (χ2n) is 6.63. The first-order valence-corrected chi connectivity index (χ1v) is 10.8. The largest absolute Gasteiger partial charge is 0.378 e. The van der Waals surface area contributed by atoms with Gasteiger partial charge in [-0.15, -0.1) is 11.3 Å². The molecular weight excluding hydrogens is 368 g/mol. The summed E-state index contributed by atoms with van der Waals surface area (Å²) in [6.07, 6.45) is 4.48. The lowest BCUT2D eigenvalue weighted by Gasteiger charge is -2.12. The van der Waals surface area contributed by atoms with Crippen molar-refractivity contribution >= 4 is 50.7 Å². The summed E-state index contributed by atoms with van der Waals surface area (Å²) in [5.74, 6) is 0. The molecular formula is C23H23N2S2+. The molecule has 0 fully saturated rings. The van der Waals surface area contributed by atoms with Crippen molar-refractivity contribution in [2.75, 3.05) is 19.0 Å². The Labute approximate surface area is 168 Å². The first kappa shape index (κ1) is 18.0. The van der Waals surface area contributed by atoms with Gasteiger partial charge in [0.05, 0.1) is 0 Å². The number of aryl methyl sites for hydroxylation is 1. The Hall–Kier alpha value is -2.43. The summed E-state index contributed by atoms with van der Waals surface area (Å²) in [4.78, 5) is 4.71. The highest BCUT2D eigenvalue weighted by atomic mass is 32.1. The van der Waals surface area contributed by atoms with Gasteiger partial charge in [-0.2, -0.15) is 4.57 Å². The standard InChI is InChI=1S/C23H23N2S2/c1-4-25-20-7-5-6-8-22(20)27-23(25)16-14-19-13-15-21(26-19)17-9-11-18(12-10-17)24(2)3/h5-16H,4H2,1-3H3/q+1. The van der Waals surface area contributed by atoms with Gasteiger partial charge in [-0.05, 0) is 48.9 Å². The number of aromatic nitrogens is 1. The predicted octanol–water partition coefficient (Wildman–Crippen LogP) is 6.17. The highest BCUT2D eigenvalue weighted by Gasteiger charge is 2.16. The van der Waals surface area contributed by atoms with E-state index in [0.717, 1.165) is 6.54 Å². The van der Waals surface area contributed by atoms with E-state index in [9.17, 15) is 0 Å². The van der Waals surface area contributed by atoms with Crippen LogP contribution in [0, 0.1) is 0 Å². The minimum atomic E-state index is 0.984. The molecule has 4 aromatic rings. The van der Waals surface area contributed by atoms with Gasteiger partial charge in [0.2, 0.25) is 5.52 Å². The van der Waals surface area contributed by atoms with Crippen LogP contribution in [0.15, 0.2) is 60.7 Å². The number of fused-ring (bicyclic) bond motifs is 1. The summed E-state index contributed by atoms with van der Waals surface area (Å²) in [6.45, 7) is 3.19. The summed E-state index contributed by atoms with van der Waals surface area (Å²) < 4.78 is 3.72. The number of hydrogen-bond donors (Lipinski definition) is 0. The molecule has 0 aliphatic carbocycles. The zero-order valence-corrected chi connectivity index (χ0v) is 17.5. The van der Waals surface area contributed by atoms with Gasteiger partial charge in [-0.25, -0.2) is 0 Å². The normalized spacial score (nSPS) is 11.5. The molecule has 0 unspecified atom stereocenters. The number of nitrogens with zero attached hydrogens (tertiary/aromatic N) is 2. The van der Waals surface area contributed by atoms with E-state index >= 15 is 0 Å². The van der Waals surface area contributed by atoms with Crippen molar-refractivity contribution in [1.82, 2.24) is 0 Å². The van der Waals surface area contributed by atoms with E-state index in [1.807, 2.05) is 22.7 Å². The van der Waals surface area contributed by atoms with Crippen LogP contribution < -0.4 is 9.47 Å². The van der Waals surface area contributed by atoms with Crippen LogP contribution in [0.2, 0.25) is 0 Å². The van der Waals surface area contributed by atoms with Crippen molar-refractivity contribution < 1.29 is 4.57 Å². The topological polar surface area (TPSA) is 7.12 Å². The fourth-order valence-electron chi connectivity index (χ4n) is 3.18. The van der Waals surface area contributed by atoms with E-state index < -0.39 is 0 Å². The molecule has 27 heavy (non-hydrogen) atoms. The molecule has 2 nitrogen and oxygen atoms in total. The van der Waals surface area contributed by atoms with Gasteiger partial charge in [0.25, 0.3) is 5.01 Å². The van der Waals surface area contributed by atoms with E-state index in [1.54, 1.807) is 0 Å². The summed E-state index contributed by atoms with van der Waals surface area (Å²) in [6, 6.07) is 21.8. The van der Waals surface area contributed by atoms with Gasteiger partial charge in [0, 0.05) is 41.7 Å². The Morgan fingerprint density at radius 2 is 1.67 bits per heavy atom. The minimum absolute atomic E-state index is 0.984. The number of benzene rings is 2. The quantitative estimate of drug-likeness (QED) is 0.369. The van der Waals surface area contributed by atoms with Crippen LogP contribution in [-0.2, 0) is 6.54 Å². The van der Waals surface area contributed by atoms with E-state index in [4.69, 9.17) is 0 Å². The lowest BCUT2D eigenvalue weighted by Crippen LogP contribution is -2.33. The van der Waals surface area contributed by atoms with Gasteiger partial charge in [0.1, 0.15) is 11.2 Å².